The summed E-state index contributed by atoms with van der Waals surface area (Å²) in [5, 5.41) is 0. The van der Waals surface area contributed by atoms with Crippen molar-refractivity contribution in [2.45, 2.75) is 26.1 Å². The quantitative estimate of drug-likeness (QED) is 0.803. The van der Waals surface area contributed by atoms with E-state index in [-0.39, 0.29) is 17.7 Å². The van der Waals surface area contributed by atoms with E-state index in [0.29, 0.717) is 6.54 Å². The summed E-state index contributed by atoms with van der Waals surface area (Å²) < 4.78 is 28.3. The molecule has 20 heavy (non-hydrogen) atoms. The number of carbonyl (C=O) groups is 1. The van der Waals surface area contributed by atoms with Crippen LogP contribution in [0, 0.1) is 0 Å². The van der Waals surface area contributed by atoms with Crippen molar-refractivity contribution in [3.63, 3.8) is 0 Å². The van der Waals surface area contributed by atoms with Crippen molar-refractivity contribution in [2.24, 2.45) is 0 Å². The average Bonchev–Trinajstić information content (AvgIpc) is 2.38. The number of alkyl halides is 2. The number of nitrogens with zero attached hydrogens (tertiary/aromatic N) is 2. The summed E-state index contributed by atoms with van der Waals surface area (Å²) >= 11 is 0. The van der Waals surface area contributed by atoms with E-state index in [1.54, 1.807) is 31.1 Å². The number of hydrogen-bond acceptors (Lipinski definition) is 3. The van der Waals surface area contributed by atoms with Crippen LogP contribution < -0.4 is 4.74 Å². The number of carbonyl (C=O) groups excluding carboxylic acids is 1. The fraction of sp³-hybridized carbons (Fsp3) is 0.500. The Morgan fingerprint density at radius 2 is 1.75 bits per heavy atom. The molecule has 6 heteroatoms. The van der Waals surface area contributed by atoms with Crippen LogP contribution in [0.2, 0.25) is 0 Å². The van der Waals surface area contributed by atoms with Crippen LogP contribution in [0.15, 0.2) is 24.3 Å². The normalized spacial score (nSPS) is 12.6. The zero-order chi connectivity index (χ0) is 15.3. The highest BCUT2D eigenvalue weighted by Crippen LogP contribution is 2.16. The van der Waals surface area contributed by atoms with Gasteiger partial charge in [0.05, 0.1) is 6.04 Å². The smallest absolute Gasteiger partial charge is 0.387 e. The average molecular weight is 286 g/mol. The summed E-state index contributed by atoms with van der Waals surface area (Å²) in [6.45, 7) is -0.437. The fourth-order valence-corrected chi connectivity index (χ4v) is 1.76. The second-order valence-electron chi connectivity index (χ2n) is 4.85. The van der Waals surface area contributed by atoms with Crippen LogP contribution in [-0.2, 0) is 11.3 Å². The lowest BCUT2D eigenvalue weighted by Crippen LogP contribution is -2.42. The Morgan fingerprint density at radius 1 is 1.20 bits per heavy atom. The predicted octanol–water partition coefficient (Wildman–Crippen LogP) is 2.20. The standard InChI is InChI=1S/C14H20F2N2O2/c1-10(13(19)17(2)3)18(4)9-11-5-7-12(8-6-11)20-14(15)16/h5-8,10,14H,9H2,1-4H3. The lowest BCUT2D eigenvalue weighted by molar-refractivity contribution is -0.133. The fourth-order valence-electron chi connectivity index (χ4n) is 1.76. The van der Waals surface area contributed by atoms with Crippen molar-refractivity contribution in [1.29, 1.82) is 0 Å². The van der Waals surface area contributed by atoms with Crippen molar-refractivity contribution in [1.82, 2.24) is 9.80 Å². The van der Waals surface area contributed by atoms with Gasteiger partial charge in [-0.3, -0.25) is 9.69 Å². The van der Waals surface area contributed by atoms with Gasteiger partial charge in [-0.15, -0.1) is 0 Å². The molecule has 0 spiro atoms. The predicted molar refractivity (Wildman–Crippen MR) is 72.7 cm³/mol. The molecular formula is C14H20F2N2O2. The highest BCUT2D eigenvalue weighted by atomic mass is 19.3. The maximum atomic E-state index is 12.0. The van der Waals surface area contributed by atoms with E-state index in [1.165, 1.54) is 12.1 Å². The minimum atomic E-state index is -2.82. The van der Waals surface area contributed by atoms with Gasteiger partial charge in [-0.1, -0.05) is 12.1 Å². The largest absolute Gasteiger partial charge is 0.435 e. The first-order valence-electron chi connectivity index (χ1n) is 6.26. The Hall–Kier alpha value is -1.69. The second kappa shape index (κ2) is 7.19. The Labute approximate surface area is 117 Å². The van der Waals surface area contributed by atoms with Crippen LogP contribution in [0.4, 0.5) is 8.78 Å². The van der Waals surface area contributed by atoms with E-state index in [4.69, 9.17) is 0 Å². The minimum Gasteiger partial charge on any atom is -0.435 e. The van der Waals surface area contributed by atoms with Gasteiger partial charge in [-0.2, -0.15) is 8.78 Å². The Bertz CT molecular complexity index is 435. The molecule has 1 atom stereocenters. The molecular weight excluding hydrogens is 266 g/mol. The van der Waals surface area contributed by atoms with E-state index in [1.807, 2.05) is 18.9 Å². The molecule has 0 aliphatic carbocycles. The number of ether oxygens (including phenoxy) is 1. The maximum absolute atomic E-state index is 12.0. The molecule has 0 fully saturated rings. The monoisotopic (exact) mass is 286 g/mol. The highest BCUT2D eigenvalue weighted by Gasteiger charge is 2.19. The number of benzene rings is 1. The van der Waals surface area contributed by atoms with Gasteiger partial charge in [-0.25, -0.2) is 0 Å². The number of amides is 1. The zero-order valence-corrected chi connectivity index (χ0v) is 12.1. The van der Waals surface area contributed by atoms with Crippen molar-refractivity contribution >= 4 is 5.91 Å². The van der Waals surface area contributed by atoms with Crippen LogP contribution in [0.3, 0.4) is 0 Å². The molecule has 112 valence electrons. The summed E-state index contributed by atoms with van der Waals surface area (Å²) in [7, 11) is 5.27. The summed E-state index contributed by atoms with van der Waals surface area (Å²) in [5.74, 6) is 0.147. The van der Waals surface area contributed by atoms with Gasteiger partial charge < -0.3 is 9.64 Å². The Morgan fingerprint density at radius 3 is 2.20 bits per heavy atom. The van der Waals surface area contributed by atoms with E-state index in [2.05, 4.69) is 4.74 Å². The zero-order valence-electron chi connectivity index (χ0n) is 12.1. The SMILES string of the molecule is CC(C(=O)N(C)C)N(C)Cc1ccc(OC(F)F)cc1. The van der Waals surface area contributed by atoms with Crippen molar-refractivity contribution in [3.05, 3.63) is 29.8 Å². The van der Waals surface area contributed by atoms with Crippen LogP contribution in [0.5, 0.6) is 5.75 Å². The molecule has 0 saturated carbocycles. The van der Waals surface area contributed by atoms with Crippen LogP contribution in [0.1, 0.15) is 12.5 Å². The molecule has 0 heterocycles. The number of halogens is 2. The lowest BCUT2D eigenvalue weighted by Gasteiger charge is -2.26. The second-order valence-corrected chi connectivity index (χ2v) is 4.85. The summed E-state index contributed by atoms with van der Waals surface area (Å²) in [5.41, 5.74) is 0.924. The summed E-state index contributed by atoms with van der Waals surface area (Å²) in [6.07, 6.45) is 0. The molecule has 0 bridgehead atoms. The molecule has 1 aromatic carbocycles. The Kier molecular flexibility index (Phi) is 5.88. The lowest BCUT2D eigenvalue weighted by atomic mass is 10.1. The van der Waals surface area contributed by atoms with Gasteiger partial charge in [0.25, 0.3) is 0 Å². The summed E-state index contributed by atoms with van der Waals surface area (Å²) in [6, 6.07) is 6.16. The van der Waals surface area contributed by atoms with Gasteiger partial charge in [0.15, 0.2) is 0 Å². The molecule has 1 aromatic rings. The van der Waals surface area contributed by atoms with Crippen LogP contribution in [-0.4, -0.2) is 49.5 Å². The first-order chi connectivity index (χ1) is 9.31. The molecule has 0 saturated heterocycles. The molecule has 0 aromatic heterocycles. The number of hydrogen-bond donors (Lipinski definition) is 0. The van der Waals surface area contributed by atoms with E-state index in [0.717, 1.165) is 5.56 Å². The molecule has 1 amide bonds. The van der Waals surface area contributed by atoms with Crippen LogP contribution in [0.25, 0.3) is 0 Å². The molecule has 0 N–H and O–H groups in total. The van der Waals surface area contributed by atoms with Gasteiger partial charge in [0.1, 0.15) is 5.75 Å². The van der Waals surface area contributed by atoms with Gasteiger partial charge in [-0.05, 0) is 31.7 Å². The van der Waals surface area contributed by atoms with Crippen LogP contribution >= 0.6 is 0 Å². The third-order valence-corrected chi connectivity index (χ3v) is 3.04. The number of rotatable bonds is 6. The topological polar surface area (TPSA) is 32.8 Å². The Balaban J connectivity index is 2.62. The highest BCUT2D eigenvalue weighted by molar-refractivity contribution is 5.80. The molecule has 0 aliphatic heterocycles. The van der Waals surface area contributed by atoms with Gasteiger partial charge in [0.2, 0.25) is 5.91 Å². The third-order valence-electron chi connectivity index (χ3n) is 3.04. The van der Waals surface area contributed by atoms with E-state index in [9.17, 15) is 13.6 Å². The first kappa shape index (κ1) is 16.4. The van der Waals surface area contributed by atoms with E-state index < -0.39 is 6.61 Å². The van der Waals surface area contributed by atoms with Crippen molar-refractivity contribution < 1.29 is 18.3 Å². The number of likely N-dealkylation sites (N-methyl/N-ethyl adjacent to an activating group) is 2. The molecule has 0 radical (unpaired) electrons. The van der Waals surface area contributed by atoms with E-state index >= 15 is 0 Å². The maximum Gasteiger partial charge on any atom is 0.387 e. The minimum absolute atomic E-state index is 0.0187. The molecule has 4 nitrogen and oxygen atoms in total. The van der Waals surface area contributed by atoms with Crippen molar-refractivity contribution in [3.8, 4) is 5.75 Å². The molecule has 1 unspecified atom stereocenters. The van der Waals surface area contributed by atoms with Crippen molar-refractivity contribution in [2.75, 3.05) is 21.1 Å². The van der Waals surface area contributed by atoms with Gasteiger partial charge >= 0.3 is 6.61 Å². The molecule has 1 rings (SSSR count). The first-order valence-corrected chi connectivity index (χ1v) is 6.26. The third kappa shape index (κ3) is 4.77. The molecule has 0 aliphatic rings. The summed E-state index contributed by atoms with van der Waals surface area (Å²) in [4.78, 5) is 15.3. The van der Waals surface area contributed by atoms with Gasteiger partial charge in [0, 0.05) is 20.6 Å².